The number of carbonyl (C=O) groups is 1. The van der Waals surface area contributed by atoms with Crippen LogP contribution in [0.2, 0.25) is 0 Å². The number of hydrogen-bond acceptors (Lipinski definition) is 2. The Kier molecular flexibility index (Phi) is 6.07. The highest BCUT2D eigenvalue weighted by Gasteiger charge is 2.13. The molecule has 0 unspecified atom stereocenters. The Balaban J connectivity index is 2.79. The van der Waals surface area contributed by atoms with Crippen molar-refractivity contribution < 1.29 is 9.53 Å². The van der Waals surface area contributed by atoms with Gasteiger partial charge in [-0.25, -0.2) is 0 Å². The summed E-state index contributed by atoms with van der Waals surface area (Å²) < 4.78 is 5.13. The van der Waals surface area contributed by atoms with Crippen molar-refractivity contribution in [2.24, 2.45) is 5.41 Å². The van der Waals surface area contributed by atoms with Gasteiger partial charge in [0, 0.05) is 6.92 Å². The molecule has 0 saturated heterocycles. The van der Waals surface area contributed by atoms with E-state index in [1.54, 1.807) is 0 Å². The number of carbonyl (C=O) groups excluding carboxylic acids is 1. The van der Waals surface area contributed by atoms with Gasteiger partial charge in [0.1, 0.15) is 6.61 Å². The van der Waals surface area contributed by atoms with E-state index in [9.17, 15) is 4.79 Å². The lowest BCUT2D eigenvalue weighted by atomic mass is 9.87. The molecular weight excluding hydrogens is 236 g/mol. The van der Waals surface area contributed by atoms with E-state index < -0.39 is 0 Å². The molecular formula is C17H26O2. The van der Waals surface area contributed by atoms with Crippen LogP contribution in [-0.2, 0) is 9.53 Å². The van der Waals surface area contributed by atoms with Crippen molar-refractivity contribution in [2.75, 3.05) is 6.61 Å². The Hall–Kier alpha value is -1.31. The first kappa shape index (κ1) is 15.7. The van der Waals surface area contributed by atoms with Crippen molar-refractivity contribution in [2.45, 2.75) is 53.4 Å². The molecule has 0 N–H and O–H groups in total. The fourth-order valence-corrected chi connectivity index (χ4v) is 2.05. The summed E-state index contributed by atoms with van der Waals surface area (Å²) in [6, 6.07) is 0. The number of esters is 1. The van der Waals surface area contributed by atoms with Gasteiger partial charge in [-0.3, -0.25) is 4.79 Å². The molecule has 0 bridgehead atoms. The minimum Gasteiger partial charge on any atom is -0.461 e. The molecule has 1 aliphatic carbocycles. The van der Waals surface area contributed by atoms with Crippen molar-refractivity contribution in [1.82, 2.24) is 0 Å². The zero-order valence-corrected chi connectivity index (χ0v) is 12.7. The van der Waals surface area contributed by atoms with E-state index in [1.807, 2.05) is 0 Å². The lowest BCUT2D eigenvalue weighted by molar-refractivity contribution is -0.140. The highest BCUT2D eigenvalue weighted by Crippen LogP contribution is 2.26. The maximum atomic E-state index is 10.9. The Morgan fingerprint density at radius 1 is 1.37 bits per heavy atom. The summed E-state index contributed by atoms with van der Waals surface area (Å²) in [7, 11) is 0. The topological polar surface area (TPSA) is 26.3 Å². The number of rotatable bonds is 2. The molecule has 2 nitrogen and oxygen atoms in total. The predicted octanol–water partition coefficient (Wildman–Crippen LogP) is 4.58. The average molecular weight is 262 g/mol. The third-order valence-corrected chi connectivity index (χ3v) is 3.34. The molecule has 0 amide bonds. The summed E-state index contributed by atoms with van der Waals surface area (Å²) in [6.07, 6.45) is 13.1. The van der Waals surface area contributed by atoms with Gasteiger partial charge in [0.15, 0.2) is 0 Å². The lowest BCUT2D eigenvalue weighted by Gasteiger charge is -2.18. The van der Waals surface area contributed by atoms with Gasteiger partial charge in [-0.2, -0.15) is 0 Å². The highest BCUT2D eigenvalue weighted by atomic mass is 16.5. The quantitative estimate of drug-likeness (QED) is 0.538. The molecule has 0 aromatic carbocycles. The van der Waals surface area contributed by atoms with Gasteiger partial charge in [-0.15, -0.1) is 0 Å². The molecule has 0 aromatic heterocycles. The number of hydrogen-bond donors (Lipinski definition) is 0. The van der Waals surface area contributed by atoms with E-state index in [-0.39, 0.29) is 11.4 Å². The van der Waals surface area contributed by atoms with Gasteiger partial charge in [0.25, 0.3) is 0 Å². The van der Waals surface area contributed by atoms with Gasteiger partial charge in [0.05, 0.1) is 0 Å². The highest BCUT2D eigenvalue weighted by molar-refractivity contribution is 5.66. The summed E-state index contributed by atoms with van der Waals surface area (Å²) in [5.41, 5.74) is 2.79. The Labute approximate surface area is 117 Å². The van der Waals surface area contributed by atoms with Gasteiger partial charge in [-0.1, -0.05) is 43.7 Å². The summed E-state index contributed by atoms with van der Waals surface area (Å²) in [6.45, 7) is 8.54. The van der Waals surface area contributed by atoms with E-state index in [2.05, 4.69) is 45.1 Å². The maximum absolute atomic E-state index is 10.9. The fraction of sp³-hybridized carbons (Fsp3) is 0.588. The molecule has 0 atom stereocenters. The molecule has 1 aliphatic rings. The van der Waals surface area contributed by atoms with Crippen molar-refractivity contribution in [3.8, 4) is 0 Å². The summed E-state index contributed by atoms with van der Waals surface area (Å²) in [5.74, 6) is -0.207. The fourth-order valence-electron chi connectivity index (χ4n) is 2.05. The van der Waals surface area contributed by atoms with Crippen LogP contribution in [0.15, 0.2) is 35.5 Å². The van der Waals surface area contributed by atoms with Crippen LogP contribution in [0.5, 0.6) is 0 Å². The standard InChI is InChI=1S/C17H26O2/c1-14-7-5-9-16(13-19-15(2)18)10-12-17(3,4)11-6-8-14/h6-7,10-11H,5,8-9,12-13H2,1-4H3/b11-6+,14-7-,16-10+. The summed E-state index contributed by atoms with van der Waals surface area (Å²) in [4.78, 5) is 10.9. The molecule has 19 heavy (non-hydrogen) atoms. The molecule has 0 saturated carbocycles. The van der Waals surface area contributed by atoms with E-state index in [1.165, 1.54) is 18.1 Å². The maximum Gasteiger partial charge on any atom is 0.302 e. The van der Waals surface area contributed by atoms with Crippen molar-refractivity contribution in [1.29, 1.82) is 0 Å². The molecule has 2 heteroatoms. The van der Waals surface area contributed by atoms with E-state index in [4.69, 9.17) is 4.74 Å². The van der Waals surface area contributed by atoms with Crippen LogP contribution in [0.3, 0.4) is 0 Å². The summed E-state index contributed by atoms with van der Waals surface area (Å²) >= 11 is 0. The van der Waals surface area contributed by atoms with Crippen molar-refractivity contribution >= 4 is 5.97 Å². The molecule has 1 rings (SSSR count). The normalized spacial score (nSPS) is 27.2. The second-order valence-electron chi connectivity index (χ2n) is 6.03. The molecule has 0 spiro atoms. The summed E-state index contributed by atoms with van der Waals surface area (Å²) in [5, 5.41) is 0. The van der Waals surface area contributed by atoms with Crippen LogP contribution in [0.25, 0.3) is 0 Å². The minimum absolute atomic E-state index is 0.159. The molecule has 0 radical (unpaired) electrons. The third-order valence-electron chi connectivity index (χ3n) is 3.34. The van der Waals surface area contributed by atoms with Crippen LogP contribution < -0.4 is 0 Å². The number of allylic oxidation sites excluding steroid dienone is 5. The van der Waals surface area contributed by atoms with Crippen LogP contribution in [0, 0.1) is 5.41 Å². The van der Waals surface area contributed by atoms with Crippen LogP contribution in [-0.4, -0.2) is 12.6 Å². The zero-order chi connectivity index (χ0) is 14.3. The van der Waals surface area contributed by atoms with Crippen LogP contribution in [0.1, 0.15) is 53.4 Å². The van der Waals surface area contributed by atoms with Gasteiger partial charge in [-0.05, 0) is 43.6 Å². The predicted molar refractivity (Wildman–Crippen MR) is 79.9 cm³/mol. The van der Waals surface area contributed by atoms with E-state index in [0.29, 0.717) is 6.61 Å². The van der Waals surface area contributed by atoms with E-state index in [0.717, 1.165) is 25.7 Å². The Morgan fingerprint density at radius 2 is 2.11 bits per heavy atom. The first-order valence-electron chi connectivity index (χ1n) is 7.04. The average Bonchev–Trinajstić information content (AvgIpc) is 2.33. The molecule has 0 heterocycles. The van der Waals surface area contributed by atoms with Crippen LogP contribution in [0.4, 0.5) is 0 Å². The molecule has 0 fully saturated rings. The largest absolute Gasteiger partial charge is 0.461 e. The molecule has 0 aromatic rings. The second kappa shape index (κ2) is 7.32. The van der Waals surface area contributed by atoms with Crippen molar-refractivity contribution in [3.05, 3.63) is 35.5 Å². The van der Waals surface area contributed by atoms with Gasteiger partial charge >= 0.3 is 5.97 Å². The minimum atomic E-state index is -0.207. The van der Waals surface area contributed by atoms with E-state index >= 15 is 0 Å². The van der Waals surface area contributed by atoms with Crippen molar-refractivity contribution in [3.63, 3.8) is 0 Å². The number of ether oxygens (including phenoxy) is 1. The van der Waals surface area contributed by atoms with Gasteiger partial charge in [0.2, 0.25) is 0 Å². The zero-order valence-electron chi connectivity index (χ0n) is 12.7. The monoisotopic (exact) mass is 262 g/mol. The molecule has 106 valence electrons. The Morgan fingerprint density at radius 3 is 2.79 bits per heavy atom. The lowest BCUT2D eigenvalue weighted by Crippen LogP contribution is -2.08. The first-order chi connectivity index (χ1) is 8.89. The van der Waals surface area contributed by atoms with Crippen LogP contribution >= 0.6 is 0 Å². The third kappa shape index (κ3) is 7.00. The van der Waals surface area contributed by atoms with Gasteiger partial charge < -0.3 is 4.74 Å². The SMILES string of the molecule is CC(=O)OC/C1=C/CC(C)(C)/C=C/C/C(C)=C\CC1. The smallest absolute Gasteiger partial charge is 0.302 e. The molecule has 0 aliphatic heterocycles. The Bertz CT molecular complexity index is 397. The second-order valence-corrected chi connectivity index (χ2v) is 6.03. The first-order valence-corrected chi connectivity index (χ1v) is 7.04.